The highest BCUT2D eigenvalue weighted by atomic mass is 32.2. The fourth-order valence-electron chi connectivity index (χ4n) is 13.2. The topological polar surface area (TPSA) is 644 Å². The van der Waals surface area contributed by atoms with Gasteiger partial charge in [-0.2, -0.15) is 23.5 Å². The smallest absolute Gasteiger partial charge is 0.321 e. The molecule has 43 heteroatoms. The largest absolute Gasteiger partial charge is 0.481 e. The minimum atomic E-state index is -2.28. The monoisotopic (exact) mass is 1540 g/mol. The molecule has 0 aromatic carbocycles. The van der Waals surface area contributed by atoms with E-state index in [9.17, 15) is 126 Å². The fourth-order valence-corrected chi connectivity index (χ4v) is 15.5. The molecule has 0 aromatic heterocycles. The van der Waals surface area contributed by atoms with Crippen LogP contribution in [-0.2, 0) is 90.2 Å². The summed E-state index contributed by atoms with van der Waals surface area (Å²) in [6.07, 6.45) is -69.5. The number of carbonyl (C=O) groups is 4. The molecule has 41 nitrogen and oxygen atoms in total. The van der Waals surface area contributed by atoms with Gasteiger partial charge < -0.3 is 184 Å². The number of ketones is 2. The lowest BCUT2D eigenvalue weighted by Gasteiger charge is -2.50. The van der Waals surface area contributed by atoms with E-state index < -0.39 is 290 Å². The van der Waals surface area contributed by atoms with Gasteiger partial charge in [0, 0.05) is 48.2 Å². The van der Waals surface area contributed by atoms with E-state index in [1.54, 1.807) is 0 Å². The van der Waals surface area contributed by atoms with Gasteiger partial charge in [-0.1, -0.05) is 0 Å². The van der Waals surface area contributed by atoms with E-state index in [0.29, 0.717) is 0 Å². The average molecular weight is 1540 g/mol. The summed E-state index contributed by atoms with van der Waals surface area (Å²) >= 11 is 1.73. The Hall–Kier alpha value is -2.42. The van der Waals surface area contributed by atoms with Gasteiger partial charge in [0.1, 0.15) is 158 Å². The second-order valence-corrected chi connectivity index (χ2v) is 28.4. The second kappa shape index (κ2) is 40.0. The molecule has 0 aromatic rings. The van der Waals surface area contributed by atoms with Crippen LogP contribution in [-0.4, -0.2) is 435 Å². The van der Waals surface area contributed by atoms with Crippen molar-refractivity contribution < 1.29 is 197 Å². The predicted octanol–water partition coefficient (Wildman–Crippen LogP) is -12.4. The Labute approximate surface area is 596 Å². The van der Waals surface area contributed by atoms with Crippen molar-refractivity contribution >= 4 is 47.0 Å². The van der Waals surface area contributed by atoms with Crippen molar-refractivity contribution in [3.05, 3.63) is 0 Å². The van der Waals surface area contributed by atoms with Gasteiger partial charge >= 0.3 is 11.9 Å². The van der Waals surface area contributed by atoms with Crippen molar-refractivity contribution in [2.75, 3.05) is 89.5 Å². The Balaban J connectivity index is 1.08. The van der Waals surface area contributed by atoms with Crippen LogP contribution in [0.5, 0.6) is 0 Å². The number of aliphatic carboxylic acids is 2. The molecule has 21 aliphatic heterocycles. The molecule has 14 unspecified atom stereocenters. The van der Waals surface area contributed by atoms with Crippen LogP contribution in [0.25, 0.3) is 0 Å². The molecule has 14 bridgehead atoms. The van der Waals surface area contributed by atoms with E-state index in [1.165, 1.54) is 14.0 Å². The van der Waals surface area contributed by atoms with Gasteiger partial charge in [0.15, 0.2) is 37.7 Å². The van der Waals surface area contributed by atoms with Crippen molar-refractivity contribution in [1.82, 2.24) is 5.32 Å². The van der Waals surface area contributed by atoms with E-state index in [2.05, 4.69) is 5.32 Å². The van der Waals surface area contributed by atoms with E-state index in [0.717, 1.165) is 23.5 Å². The Kier molecular flexibility index (Phi) is 33.5. The molecule has 0 saturated carbocycles. The van der Waals surface area contributed by atoms with Gasteiger partial charge in [0.05, 0.1) is 95.9 Å². The maximum absolute atomic E-state index is 13.0. The summed E-state index contributed by atoms with van der Waals surface area (Å²) in [6.45, 7) is -3.68. The lowest BCUT2D eigenvalue weighted by molar-refractivity contribution is -0.395. The first-order valence-corrected chi connectivity index (χ1v) is 35.9. The summed E-state index contributed by atoms with van der Waals surface area (Å²) in [4.78, 5) is 48.8. The summed E-state index contributed by atoms with van der Waals surface area (Å²) in [6, 6.07) is -1.18. The van der Waals surface area contributed by atoms with Gasteiger partial charge in [0.2, 0.25) is 0 Å². The molecule has 0 spiro atoms. The number of Topliss-reactive ketones (excluding diaryl/α,β-unsaturated/α-hetero) is 2. The second-order valence-electron chi connectivity index (χ2n) is 26.2. The summed E-state index contributed by atoms with van der Waals surface area (Å²) in [5.74, 6) is -7.34. The quantitative estimate of drug-likeness (QED) is 0.0340. The number of carboxylic acids is 2. The van der Waals surface area contributed by atoms with Crippen LogP contribution in [0.3, 0.4) is 0 Å². The van der Waals surface area contributed by atoms with Gasteiger partial charge in [-0.15, -0.1) is 0 Å². The van der Waals surface area contributed by atoms with Crippen LogP contribution >= 0.6 is 23.5 Å². The highest BCUT2D eigenvalue weighted by Gasteiger charge is 2.60. The van der Waals surface area contributed by atoms with Gasteiger partial charge in [-0.25, -0.2) is 0 Å². The first kappa shape index (κ1) is 86.2. The molecule has 596 valence electrons. The maximum Gasteiger partial charge on any atom is 0.321 e. The third-order valence-electron chi connectivity index (χ3n) is 19.1. The molecule has 21 saturated heterocycles. The first-order chi connectivity index (χ1) is 49.0. The summed E-state index contributed by atoms with van der Waals surface area (Å²) in [5, 5.41) is 240. The molecule has 22 N–H and O–H groups in total. The van der Waals surface area contributed by atoms with Crippen molar-refractivity contribution in [2.45, 2.75) is 247 Å². The van der Waals surface area contributed by atoms with Crippen molar-refractivity contribution in [2.24, 2.45) is 11.8 Å². The number of aliphatic hydroxyl groups excluding tert-OH is 19. The molecular weight excluding hydrogens is 1440 g/mol. The number of nitrogens with one attached hydrogen (secondary N) is 1. The van der Waals surface area contributed by atoms with E-state index in [-0.39, 0.29) is 68.1 Å². The number of hydrogen-bond donors (Lipinski definition) is 22. The van der Waals surface area contributed by atoms with Crippen LogP contribution in [0.1, 0.15) is 32.6 Å². The SMILES string of the molecule is CN[C@H](CSCC1O[C@@H]2O[C@H]3C(CO)O[C@@H](O[C@H]4C(CO)O[C@@H](O[C@H]5C(CO)O[C@@H](O[C@H]6C(CSC[C@@H](CC(=O)CCOCCOCCC(C)=O)C(=O)O)O[C@@H](C[C@H]7C(CO)O[C@@H](O[C@H]8C(CO)O[C@@H](O[C@@H]1[C@H](O)C2O)C(O)[C@H]8O)C(O)[C@H]7O)C(O)[C@H]6O)C(O)[C@H]5O)C(O)[C@H]4O)C(O)[C@H]3O)C(=O)O. The maximum atomic E-state index is 13.0. The molecule has 21 aliphatic rings. The summed E-state index contributed by atoms with van der Waals surface area (Å²) < 4.78 is 87.9. The fraction of sp³-hybridized carbons (Fsp3) is 0.933. The van der Waals surface area contributed by atoms with Crippen LogP contribution in [0.2, 0.25) is 0 Å². The Morgan fingerprint density at radius 3 is 1.06 bits per heavy atom. The zero-order valence-electron chi connectivity index (χ0n) is 55.8. The van der Waals surface area contributed by atoms with Crippen LogP contribution < -0.4 is 5.32 Å². The van der Waals surface area contributed by atoms with Crippen molar-refractivity contribution in [3.63, 3.8) is 0 Å². The lowest BCUT2D eigenvalue weighted by Crippen LogP contribution is -2.68. The minimum Gasteiger partial charge on any atom is -0.481 e. The Morgan fingerprint density at radius 1 is 0.388 bits per heavy atom. The third-order valence-corrected chi connectivity index (χ3v) is 21.5. The number of rotatable bonds is 27. The standard InChI is InChI=1S/C60H99NO40S2/c1-20(67)3-5-87-7-8-88-6-4-22(68)9-21(53(83)84)16-102-18-31-51-35(71)34(70)25(89-31)10-23-26(11-62)90-55(41(77)33(23)69)96-47-27(12-63)94-59(45(81)38(47)74)101-52-32(19-103-17-24(61-2)54(85)86)95-60(46(82)40(52)76)99-50-30(15-66)92-57(43(79)37(50)73)97-48-28(13-64)91-56(42(78)36(48)72)98-49-29(14-65)93-58(100-51)44(80)39(49)75/h21,23-52,55-66,69-82H,3-19H2,1-2H3,(H,83,84)(H,85,86)/t21-,23+,24-,25+,26?,27?,28?,29?,30?,31?,32?,33+,34?,35-,36-,37-,38-,39-,40-,41?,42?,43?,44?,45?,46?,47+,48+,49+,50+,51+,52+,55+,56+,57+,58+,59+,60-/m1/s1. The molecule has 21 rings (SSSR count). The molecule has 21 heterocycles. The third kappa shape index (κ3) is 21.0. The number of thioether (sulfide) groups is 2. The van der Waals surface area contributed by atoms with Crippen LogP contribution in [0.4, 0.5) is 0 Å². The highest BCUT2D eigenvalue weighted by molar-refractivity contribution is 7.99. The lowest BCUT2D eigenvalue weighted by atomic mass is 9.81. The number of hydrogen-bond acceptors (Lipinski definition) is 41. The summed E-state index contributed by atoms with van der Waals surface area (Å²) in [5.41, 5.74) is 0. The minimum absolute atomic E-state index is 0.0724. The molecule has 21 fully saturated rings. The Morgan fingerprint density at radius 2 is 0.709 bits per heavy atom. The number of likely N-dealkylation sites (N-methyl/N-ethyl adjacent to an activating group) is 1. The average Bonchev–Trinajstić information content (AvgIpc) is 0.785. The van der Waals surface area contributed by atoms with E-state index >= 15 is 0 Å². The number of aliphatic hydroxyl groups is 19. The van der Waals surface area contributed by atoms with Gasteiger partial charge in [-0.3, -0.25) is 19.2 Å². The van der Waals surface area contributed by atoms with Crippen molar-refractivity contribution in [1.29, 1.82) is 0 Å². The predicted molar refractivity (Wildman–Crippen MR) is 335 cm³/mol. The number of carboxylic acid groups (broad SMARTS) is 2. The first-order valence-electron chi connectivity index (χ1n) is 33.6. The number of ether oxygens (including phenoxy) is 15. The molecule has 37 atom stereocenters. The highest BCUT2D eigenvalue weighted by Crippen LogP contribution is 2.41. The van der Waals surface area contributed by atoms with Crippen LogP contribution in [0, 0.1) is 11.8 Å². The van der Waals surface area contributed by atoms with Gasteiger partial charge in [0.25, 0.3) is 0 Å². The van der Waals surface area contributed by atoms with Gasteiger partial charge in [-0.05, 0) is 20.4 Å². The molecule has 0 amide bonds. The van der Waals surface area contributed by atoms with E-state index in [1.807, 2.05) is 0 Å². The zero-order chi connectivity index (χ0) is 75.4. The van der Waals surface area contributed by atoms with Crippen LogP contribution in [0.15, 0.2) is 0 Å². The molecule has 0 aliphatic carbocycles. The molecule has 103 heavy (non-hydrogen) atoms. The summed E-state index contributed by atoms with van der Waals surface area (Å²) in [7, 11) is 1.35. The molecule has 0 radical (unpaired) electrons. The van der Waals surface area contributed by atoms with E-state index in [4.69, 9.17) is 71.1 Å². The van der Waals surface area contributed by atoms with Crippen molar-refractivity contribution in [3.8, 4) is 0 Å². The normalized spacial score (nSPS) is 44.9. The number of carbonyl (C=O) groups excluding carboxylic acids is 2. The molecular formula is C60H99NO40S2. The Bertz CT molecular complexity index is 2610. The zero-order valence-corrected chi connectivity index (χ0v) is 57.5.